The molecule has 0 amide bonds. The van der Waals surface area contributed by atoms with E-state index in [1.165, 1.54) is 11.7 Å². The molecule has 0 bridgehead atoms. The van der Waals surface area contributed by atoms with Crippen molar-refractivity contribution < 1.29 is 18.4 Å². The summed E-state index contributed by atoms with van der Waals surface area (Å²) in [5.41, 5.74) is 1.41. The summed E-state index contributed by atoms with van der Waals surface area (Å²) >= 11 is 0. The lowest BCUT2D eigenvalue weighted by Crippen LogP contribution is -2.19. The van der Waals surface area contributed by atoms with E-state index < -0.39 is 12.8 Å². The molecule has 1 aliphatic rings. The van der Waals surface area contributed by atoms with Crippen LogP contribution < -0.4 is 0 Å². The predicted molar refractivity (Wildman–Crippen MR) is 67.9 cm³/mol. The van der Waals surface area contributed by atoms with Crippen molar-refractivity contribution in [2.75, 3.05) is 7.11 Å². The Bertz CT molecular complexity index is 648. The average molecular weight is 250 g/mol. The van der Waals surface area contributed by atoms with Crippen molar-refractivity contribution in [3.05, 3.63) is 34.3 Å². The van der Waals surface area contributed by atoms with Gasteiger partial charge in [0.1, 0.15) is 5.69 Å². The monoisotopic (exact) mass is 250 g/mol. The standard InChI is InChI=1S/C14H17NO3/c1-5-6-9-8(2)12-13(15(9)3)10(16)7-11(18-4)14(12)17/h7H,5-6H2,1-4H3/i1D,5D,6D. The van der Waals surface area contributed by atoms with Crippen LogP contribution >= 0.6 is 0 Å². The fraction of sp³-hybridized carbons (Fsp3) is 0.429. The van der Waals surface area contributed by atoms with Gasteiger partial charge in [-0.3, -0.25) is 9.59 Å². The molecule has 1 heterocycles. The van der Waals surface area contributed by atoms with Gasteiger partial charge < -0.3 is 9.30 Å². The van der Waals surface area contributed by atoms with Gasteiger partial charge in [-0.15, -0.1) is 0 Å². The molecule has 0 spiro atoms. The van der Waals surface area contributed by atoms with Gasteiger partial charge in [-0.05, 0) is 18.9 Å². The molecule has 4 nitrogen and oxygen atoms in total. The second-order valence-corrected chi connectivity index (χ2v) is 4.10. The molecule has 0 radical (unpaired) electrons. The fourth-order valence-electron chi connectivity index (χ4n) is 2.29. The smallest absolute Gasteiger partial charge is 0.230 e. The zero-order chi connectivity index (χ0) is 15.9. The number of ether oxygens (including phenoxy) is 1. The van der Waals surface area contributed by atoms with E-state index in [1.807, 2.05) is 0 Å². The van der Waals surface area contributed by atoms with E-state index in [2.05, 4.69) is 0 Å². The molecule has 2 rings (SSSR count). The van der Waals surface area contributed by atoms with Crippen molar-refractivity contribution in [3.63, 3.8) is 0 Å². The maximum atomic E-state index is 12.3. The van der Waals surface area contributed by atoms with Gasteiger partial charge in [-0.2, -0.15) is 0 Å². The zero-order valence-electron chi connectivity index (χ0n) is 13.6. The summed E-state index contributed by atoms with van der Waals surface area (Å²) in [7, 11) is 2.94. The Kier molecular flexibility index (Phi) is 2.25. The Morgan fingerprint density at radius 1 is 1.50 bits per heavy atom. The van der Waals surface area contributed by atoms with Crippen LogP contribution in [-0.2, 0) is 18.2 Å². The highest BCUT2D eigenvalue weighted by Gasteiger charge is 2.33. The first-order valence-corrected chi connectivity index (χ1v) is 5.52. The molecule has 0 N–H and O–H groups in total. The van der Waals surface area contributed by atoms with Crippen molar-refractivity contribution in [2.45, 2.75) is 26.6 Å². The number of fused-ring (bicyclic) bond motifs is 1. The maximum absolute atomic E-state index is 12.3. The van der Waals surface area contributed by atoms with Crippen LogP contribution in [0, 0.1) is 6.92 Å². The van der Waals surface area contributed by atoms with E-state index in [9.17, 15) is 9.59 Å². The van der Waals surface area contributed by atoms with Gasteiger partial charge in [0.25, 0.3) is 0 Å². The number of methoxy groups -OCH3 is 1. The first kappa shape index (κ1) is 9.14. The molecule has 0 fully saturated rings. The van der Waals surface area contributed by atoms with Crippen molar-refractivity contribution >= 4 is 11.6 Å². The Balaban J connectivity index is 2.65. The minimum Gasteiger partial charge on any atom is -0.492 e. The van der Waals surface area contributed by atoms with Gasteiger partial charge in [0.15, 0.2) is 5.76 Å². The van der Waals surface area contributed by atoms with Crippen LogP contribution in [0.25, 0.3) is 0 Å². The van der Waals surface area contributed by atoms with Crippen molar-refractivity contribution in [1.82, 2.24) is 4.57 Å². The molecule has 96 valence electrons. The van der Waals surface area contributed by atoms with Gasteiger partial charge in [-0.25, -0.2) is 0 Å². The van der Waals surface area contributed by atoms with E-state index in [0.29, 0.717) is 11.3 Å². The van der Waals surface area contributed by atoms with Gasteiger partial charge in [0, 0.05) is 22.9 Å². The molecular weight excluding hydrogens is 230 g/mol. The molecule has 0 aliphatic heterocycles. The highest BCUT2D eigenvalue weighted by Crippen LogP contribution is 2.29. The van der Waals surface area contributed by atoms with E-state index >= 15 is 0 Å². The summed E-state index contributed by atoms with van der Waals surface area (Å²) < 4.78 is 29.5. The number of nitrogens with zero attached hydrogens (tertiary/aromatic N) is 1. The third kappa shape index (κ3) is 1.60. The lowest BCUT2D eigenvalue weighted by Gasteiger charge is -2.12. The van der Waals surface area contributed by atoms with E-state index in [4.69, 9.17) is 8.85 Å². The Morgan fingerprint density at radius 3 is 2.83 bits per heavy atom. The van der Waals surface area contributed by atoms with Crippen LogP contribution in [0.4, 0.5) is 0 Å². The number of hydrogen-bond donors (Lipinski definition) is 0. The molecule has 2 unspecified atom stereocenters. The molecule has 0 saturated carbocycles. The molecule has 4 heteroatoms. The summed E-state index contributed by atoms with van der Waals surface area (Å²) in [4.78, 5) is 24.5. The Hall–Kier alpha value is -1.84. The Morgan fingerprint density at radius 2 is 2.22 bits per heavy atom. The van der Waals surface area contributed by atoms with Crippen LogP contribution in [0.3, 0.4) is 0 Å². The molecule has 1 aliphatic carbocycles. The van der Waals surface area contributed by atoms with Crippen molar-refractivity contribution in [3.8, 4) is 0 Å². The number of hydrogen-bond acceptors (Lipinski definition) is 3. The number of rotatable bonds is 3. The van der Waals surface area contributed by atoms with Crippen LogP contribution in [0.5, 0.6) is 0 Å². The highest BCUT2D eigenvalue weighted by atomic mass is 16.5. The minimum atomic E-state index is -0.982. The number of aromatic nitrogens is 1. The number of carbonyl (C=O) groups excluding carboxylic acids is 2. The fourth-order valence-corrected chi connectivity index (χ4v) is 2.29. The summed E-state index contributed by atoms with van der Waals surface area (Å²) in [6, 6.07) is 0. The molecule has 0 aromatic carbocycles. The average Bonchev–Trinajstić information content (AvgIpc) is 2.73. The SMILES string of the molecule is [2H]CC([2H])C([2H])c1c(C)c2c(n1C)C(=O)C=C(OC)C2=O. The molecule has 2 atom stereocenters. The number of allylic oxidation sites excluding steroid dienone is 2. The van der Waals surface area contributed by atoms with Crippen LogP contribution in [-0.4, -0.2) is 23.2 Å². The molecular formula is C14H17NO3. The predicted octanol–water partition coefficient (Wildman–Crippen LogP) is 2.20. The lowest BCUT2D eigenvalue weighted by molar-refractivity contribution is 0.0913. The van der Waals surface area contributed by atoms with E-state index in [1.54, 1.807) is 14.0 Å². The normalized spacial score (nSPS) is 20.4. The van der Waals surface area contributed by atoms with Crippen LogP contribution in [0.1, 0.15) is 49.5 Å². The molecule has 0 saturated heterocycles. The summed E-state index contributed by atoms with van der Waals surface area (Å²) in [5, 5.41) is 0. The number of ketones is 2. The highest BCUT2D eigenvalue weighted by molar-refractivity contribution is 6.24. The molecule has 1 aromatic rings. The van der Waals surface area contributed by atoms with Crippen LogP contribution in [0.2, 0.25) is 0 Å². The first-order valence-electron chi connectivity index (χ1n) is 7.38. The first-order chi connectivity index (χ1) is 9.84. The lowest BCUT2D eigenvalue weighted by atomic mass is 9.96. The second kappa shape index (κ2) is 4.44. The van der Waals surface area contributed by atoms with Crippen molar-refractivity contribution in [1.29, 1.82) is 0 Å². The zero-order valence-corrected chi connectivity index (χ0v) is 10.6. The van der Waals surface area contributed by atoms with Gasteiger partial charge in [0.05, 0.1) is 12.7 Å². The van der Waals surface area contributed by atoms with E-state index in [-0.39, 0.29) is 35.5 Å². The van der Waals surface area contributed by atoms with Crippen LogP contribution in [0.15, 0.2) is 11.8 Å². The third-order valence-electron chi connectivity index (χ3n) is 3.13. The summed E-state index contributed by atoms with van der Waals surface area (Å²) in [6.07, 6.45) is -0.765. The Labute approximate surface area is 110 Å². The third-order valence-corrected chi connectivity index (χ3v) is 3.13. The summed E-state index contributed by atoms with van der Waals surface area (Å²) in [5.74, 6) is -0.749. The second-order valence-electron chi connectivity index (χ2n) is 4.10. The maximum Gasteiger partial charge on any atom is 0.230 e. The van der Waals surface area contributed by atoms with Gasteiger partial charge in [0.2, 0.25) is 11.6 Å². The quantitative estimate of drug-likeness (QED) is 0.826. The van der Waals surface area contributed by atoms with Gasteiger partial charge >= 0.3 is 0 Å². The number of carbonyl (C=O) groups is 2. The summed E-state index contributed by atoms with van der Waals surface area (Å²) in [6.45, 7) is 1.45. The van der Waals surface area contributed by atoms with E-state index in [0.717, 1.165) is 6.08 Å². The molecule has 1 aromatic heterocycles. The number of Topliss-reactive ketones (excluding diaryl/α,β-unsaturated/α-hetero) is 1. The topological polar surface area (TPSA) is 48.3 Å². The molecule has 18 heavy (non-hydrogen) atoms. The van der Waals surface area contributed by atoms with Crippen molar-refractivity contribution in [2.24, 2.45) is 7.05 Å². The largest absolute Gasteiger partial charge is 0.492 e. The minimum absolute atomic E-state index is 0.0165. The van der Waals surface area contributed by atoms with Gasteiger partial charge in [-0.1, -0.05) is 13.3 Å².